The molecule has 0 radical (unpaired) electrons. The normalized spacial score (nSPS) is 11.8. The first-order valence-electron chi connectivity index (χ1n) is 6.07. The average molecular weight is 417 g/mol. The predicted octanol–water partition coefficient (Wildman–Crippen LogP) is 2.63. The van der Waals surface area contributed by atoms with E-state index < -0.39 is 11.7 Å². The van der Waals surface area contributed by atoms with Crippen LogP contribution in [0.3, 0.4) is 0 Å². The predicted molar refractivity (Wildman–Crippen MR) is 86.9 cm³/mol. The van der Waals surface area contributed by atoms with E-state index in [1.807, 2.05) is 0 Å². The van der Waals surface area contributed by atoms with Gasteiger partial charge in [-0.05, 0) is 17.7 Å². The van der Waals surface area contributed by atoms with Gasteiger partial charge in [0, 0.05) is 27.2 Å². The van der Waals surface area contributed by atoms with Crippen LogP contribution in [0.2, 0.25) is 0 Å². The molecule has 0 saturated carbocycles. The molecule has 21 heavy (non-hydrogen) atoms. The van der Waals surface area contributed by atoms with Gasteiger partial charge in [-0.1, -0.05) is 12.1 Å². The highest BCUT2D eigenvalue weighted by Gasteiger charge is 2.29. The lowest BCUT2D eigenvalue weighted by Gasteiger charge is -2.12. The highest BCUT2D eigenvalue weighted by Crippen LogP contribution is 2.28. The van der Waals surface area contributed by atoms with Crippen molar-refractivity contribution < 1.29 is 17.9 Å². The second-order valence-corrected chi connectivity index (χ2v) is 4.04. The van der Waals surface area contributed by atoms with Crippen molar-refractivity contribution in [2.75, 3.05) is 27.3 Å². The fraction of sp³-hybridized carbons (Fsp3) is 0.462. The Bertz CT molecular complexity index is 435. The number of methoxy groups -OCH3 is 1. The number of hydrogen-bond acceptors (Lipinski definition) is 2. The number of ether oxygens (including phenoxy) is 1. The lowest BCUT2D eigenvalue weighted by Crippen LogP contribution is -2.38. The fourth-order valence-electron chi connectivity index (χ4n) is 1.49. The quantitative estimate of drug-likeness (QED) is 0.335. The molecule has 1 rings (SSSR count). The van der Waals surface area contributed by atoms with E-state index in [2.05, 4.69) is 15.6 Å². The minimum absolute atomic E-state index is 0. The molecule has 0 aliphatic carbocycles. The second-order valence-electron chi connectivity index (χ2n) is 4.04. The van der Waals surface area contributed by atoms with Crippen molar-refractivity contribution in [2.45, 2.75) is 12.7 Å². The maximum atomic E-state index is 12.4. The highest BCUT2D eigenvalue weighted by atomic mass is 127. The molecule has 0 aliphatic rings. The Morgan fingerprint density at radius 1 is 1.19 bits per heavy atom. The standard InChI is InChI=1S/C13H18F3N3O.HI/c1-17-12(18-7-8-20-2)19-9-10-3-5-11(6-4-10)13(14,15)16;/h3-6H,7-9H2,1-2H3,(H2,17,18,19);1H. The van der Waals surface area contributed by atoms with Crippen molar-refractivity contribution in [3.05, 3.63) is 35.4 Å². The molecular weight excluding hydrogens is 398 g/mol. The Hall–Kier alpha value is -1.03. The Morgan fingerprint density at radius 2 is 1.81 bits per heavy atom. The molecule has 1 aromatic rings. The van der Waals surface area contributed by atoms with Gasteiger partial charge in [-0.3, -0.25) is 4.99 Å². The van der Waals surface area contributed by atoms with Crippen molar-refractivity contribution >= 4 is 29.9 Å². The van der Waals surface area contributed by atoms with Gasteiger partial charge in [-0.2, -0.15) is 13.2 Å². The third kappa shape index (κ3) is 7.51. The molecule has 0 heterocycles. The molecule has 0 saturated heterocycles. The van der Waals surface area contributed by atoms with E-state index >= 15 is 0 Å². The number of alkyl halides is 3. The summed E-state index contributed by atoms with van der Waals surface area (Å²) in [5.74, 6) is 0.571. The van der Waals surface area contributed by atoms with Gasteiger partial charge in [0.15, 0.2) is 5.96 Å². The molecule has 0 spiro atoms. The molecule has 8 heteroatoms. The maximum absolute atomic E-state index is 12.4. The molecule has 120 valence electrons. The molecule has 2 N–H and O–H groups in total. The van der Waals surface area contributed by atoms with Crippen LogP contribution in [0.15, 0.2) is 29.3 Å². The smallest absolute Gasteiger partial charge is 0.383 e. The monoisotopic (exact) mass is 417 g/mol. The van der Waals surface area contributed by atoms with E-state index in [0.717, 1.165) is 17.7 Å². The van der Waals surface area contributed by atoms with E-state index in [1.165, 1.54) is 12.1 Å². The van der Waals surface area contributed by atoms with E-state index in [-0.39, 0.29) is 24.0 Å². The Balaban J connectivity index is 0.00000400. The van der Waals surface area contributed by atoms with Gasteiger partial charge in [0.25, 0.3) is 0 Å². The summed E-state index contributed by atoms with van der Waals surface area (Å²) in [5, 5.41) is 6.02. The Labute approximate surface area is 139 Å². The third-order valence-corrected chi connectivity index (χ3v) is 2.56. The van der Waals surface area contributed by atoms with Crippen LogP contribution in [0.4, 0.5) is 13.2 Å². The van der Waals surface area contributed by atoms with Crippen LogP contribution in [0, 0.1) is 0 Å². The SMILES string of the molecule is CN=C(NCCOC)NCc1ccc(C(F)(F)F)cc1.I. The number of nitrogens with one attached hydrogen (secondary N) is 2. The minimum Gasteiger partial charge on any atom is -0.383 e. The van der Waals surface area contributed by atoms with E-state index in [4.69, 9.17) is 4.74 Å². The summed E-state index contributed by atoms with van der Waals surface area (Å²) in [7, 11) is 3.22. The first-order valence-corrected chi connectivity index (χ1v) is 6.07. The zero-order valence-corrected chi connectivity index (χ0v) is 14.2. The molecule has 0 atom stereocenters. The molecule has 0 amide bonds. The summed E-state index contributed by atoms with van der Waals surface area (Å²) in [6, 6.07) is 5.02. The van der Waals surface area contributed by atoms with Crippen LogP contribution in [0.5, 0.6) is 0 Å². The number of halogens is 4. The summed E-state index contributed by atoms with van der Waals surface area (Å²) in [5.41, 5.74) is 0.0940. The van der Waals surface area contributed by atoms with Crippen molar-refractivity contribution in [1.82, 2.24) is 10.6 Å². The minimum atomic E-state index is -4.30. The fourth-order valence-corrected chi connectivity index (χ4v) is 1.49. The molecular formula is C13H19F3IN3O. The third-order valence-electron chi connectivity index (χ3n) is 2.56. The van der Waals surface area contributed by atoms with E-state index in [0.29, 0.717) is 25.7 Å². The molecule has 1 aromatic carbocycles. The number of benzene rings is 1. The summed E-state index contributed by atoms with van der Waals surface area (Å²) in [4.78, 5) is 3.99. The van der Waals surface area contributed by atoms with Gasteiger partial charge >= 0.3 is 6.18 Å². The van der Waals surface area contributed by atoms with Gasteiger partial charge in [0.1, 0.15) is 0 Å². The lowest BCUT2D eigenvalue weighted by molar-refractivity contribution is -0.137. The molecule has 0 bridgehead atoms. The van der Waals surface area contributed by atoms with Crippen LogP contribution in [0.25, 0.3) is 0 Å². The van der Waals surface area contributed by atoms with Crippen molar-refractivity contribution in [3.8, 4) is 0 Å². The van der Waals surface area contributed by atoms with Crippen molar-refractivity contribution in [3.63, 3.8) is 0 Å². The Morgan fingerprint density at radius 3 is 2.29 bits per heavy atom. The lowest BCUT2D eigenvalue weighted by atomic mass is 10.1. The van der Waals surface area contributed by atoms with Gasteiger partial charge in [-0.15, -0.1) is 24.0 Å². The number of rotatable bonds is 5. The number of hydrogen-bond donors (Lipinski definition) is 2. The summed E-state index contributed by atoms with van der Waals surface area (Å²) in [6.45, 7) is 1.54. The molecule has 0 aliphatic heterocycles. The first kappa shape index (κ1) is 20.0. The number of nitrogens with zero attached hydrogens (tertiary/aromatic N) is 1. The topological polar surface area (TPSA) is 45.7 Å². The molecule has 0 aromatic heterocycles. The van der Waals surface area contributed by atoms with Crippen LogP contribution < -0.4 is 10.6 Å². The average Bonchev–Trinajstić information content (AvgIpc) is 2.42. The highest BCUT2D eigenvalue weighted by molar-refractivity contribution is 14.0. The van der Waals surface area contributed by atoms with Crippen LogP contribution in [-0.2, 0) is 17.5 Å². The van der Waals surface area contributed by atoms with Crippen LogP contribution >= 0.6 is 24.0 Å². The van der Waals surface area contributed by atoms with Gasteiger partial charge in [0.05, 0.1) is 12.2 Å². The zero-order chi connectivity index (χ0) is 15.0. The Kier molecular flexibility index (Phi) is 9.34. The van der Waals surface area contributed by atoms with Gasteiger partial charge in [-0.25, -0.2) is 0 Å². The van der Waals surface area contributed by atoms with Crippen LogP contribution in [0.1, 0.15) is 11.1 Å². The number of guanidine groups is 1. The number of aliphatic imine (C=N–C) groups is 1. The van der Waals surface area contributed by atoms with Crippen LogP contribution in [-0.4, -0.2) is 33.3 Å². The van der Waals surface area contributed by atoms with Crippen molar-refractivity contribution in [2.24, 2.45) is 4.99 Å². The van der Waals surface area contributed by atoms with Crippen molar-refractivity contribution in [1.29, 1.82) is 0 Å². The summed E-state index contributed by atoms with van der Waals surface area (Å²) in [6.07, 6.45) is -4.30. The summed E-state index contributed by atoms with van der Waals surface area (Å²) >= 11 is 0. The van der Waals surface area contributed by atoms with E-state index in [1.54, 1.807) is 14.2 Å². The van der Waals surface area contributed by atoms with Gasteiger partial charge in [0.2, 0.25) is 0 Å². The zero-order valence-electron chi connectivity index (χ0n) is 11.8. The van der Waals surface area contributed by atoms with E-state index in [9.17, 15) is 13.2 Å². The maximum Gasteiger partial charge on any atom is 0.416 e. The first-order chi connectivity index (χ1) is 9.47. The second kappa shape index (κ2) is 9.82. The van der Waals surface area contributed by atoms with Gasteiger partial charge < -0.3 is 15.4 Å². The molecule has 0 fully saturated rings. The largest absolute Gasteiger partial charge is 0.416 e. The summed E-state index contributed by atoms with van der Waals surface area (Å²) < 4.78 is 42.1. The molecule has 0 unspecified atom stereocenters. The molecule has 4 nitrogen and oxygen atoms in total.